The van der Waals surface area contributed by atoms with Crippen molar-refractivity contribution in [3.63, 3.8) is 0 Å². The van der Waals surface area contributed by atoms with Crippen LogP contribution in [0.25, 0.3) is 11.1 Å². The number of nitrogens with zero attached hydrogens (tertiary/aromatic N) is 3. The summed E-state index contributed by atoms with van der Waals surface area (Å²) in [5.74, 6) is 0.176. The molecule has 0 aliphatic carbocycles. The maximum Gasteiger partial charge on any atom is 0.387 e. The highest BCUT2D eigenvalue weighted by Gasteiger charge is 2.17. The number of aryl methyl sites for hydroxylation is 2. The maximum absolute atomic E-state index is 12.8. The third kappa shape index (κ3) is 8.33. The van der Waals surface area contributed by atoms with Gasteiger partial charge < -0.3 is 9.64 Å². The minimum absolute atomic E-state index is 0.176. The quantitative estimate of drug-likeness (QED) is 0.362. The molecule has 0 radical (unpaired) electrons. The van der Waals surface area contributed by atoms with Crippen molar-refractivity contribution < 1.29 is 13.5 Å². The second-order valence-electron chi connectivity index (χ2n) is 7.54. The van der Waals surface area contributed by atoms with Crippen molar-refractivity contribution in [2.24, 2.45) is 7.05 Å². The number of hydrogen-bond acceptors (Lipinski definition) is 3. The first-order chi connectivity index (χ1) is 14.4. The molecule has 0 N–H and O–H groups in total. The van der Waals surface area contributed by atoms with Gasteiger partial charge in [0.25, 0.3) is 0 Å². The highest BCUT2D eigenvalue weighted by molar-refractivity contribution is 5.75. The maximum atomic E-state index is 12.8. The monoisotopic (exact) mass is 423 g/mol. The highest BCUT2D eigenvalue weighted by Crippen LogP contribution is 2.37. The first-order valence-corrected chi connectivity index (χ1v) is 11.2. The van der Waals surface area contributed by atoms with E-state index in [0.29, 0.717) is 5.56 Å². The van der Waals surface area contributed by atoms with E-state index < -0.39 is 6.61 Å². The molecule has 1 aromatic heterocycles. The van der Waals surface area contributed by atoms with Crippen molar-refractivity contribution in [3.8, 4) is 16.9 Å². The number of ether oxygens (including phenoxy) is 1. The topological polar surface area (TPSA) is 30.3 Å². The summed E-state index contributed by atoms with van der Waals surface area (Å²) in [4.78, 5) is 2.02. The Morgan fingerprint density at radius 1 is 1.03 bits per heavy atom. The van der Waals surface area contributed by atoms with Gasteiger partial charge in [-0.3, -0.25) is 4.68 Å². The molecule has 0 bridgehead atoms. The van der Waals surface area contributed by atoms with Gasteiger partial charge in [0.15, 0.2) is 0 Å². The summed E-state index contributed by atoms with van der Waals surface area (Å²) in [6.07, 6.45) is 12.7. The summed E-state index contributed by atoms with van der Waals surface area (Å²) in [7, 11) is 3.72. The van der Waals surface area contributed by atoms with Crippen molar-refractivity contribution >= 4 is 5.69 Å². The van der Waals surface area contributed by atoms with Gasteiger partial charge in [-0.25, -0.2) is 0 Å². The molecule has 1 heterocycles. The van der Waals surface area contributed by atoms with Crippen molar-refractivity contribution in [1.29, 1.82) is 0 Å². The predicted molar refractivity (Wildman–Crippen MR) is 123 cm³/mol. The Morgan fingerprint density at radius 3 is 2.10 bits per heavy atom. The van der Waals surface area contributed by atoms with E-state index in [1.54, 1.807) is 30.2 Å². The lowest BCUT2D eigenvalue weighted by atomic mass is 10.0. The van der Waals surface area contributed by atoms with Crippen molar-refractivity contribution in [2.45, 2.75) is 79.3 Å². The Hall–Kier alpha value is -2.11. The fourth-order valence-corrected chi connectivity index (χ4v) is 3.26. The van der Waals surface area contributed by atoms with Gasteiger partial charge in [0.1, 0.15) is 5.75 Å². The molecule has 0 atom stereocenters. The lowest BCUT2D eigenvalue weighted by Crippen LogP contribution is -2.18. The second kappa shape index (κ2) is 14.0. The normalized spacial score (nSPS) is 10.7. The standard InChI is InChI=1S/C16H21F2N3O.C8H18/c1-5-11-7-13(12-9-19-21(4)10-12)15(22-16(17)18)8-14(11)20(3)6-2;1-3-5-7-8-6-4-2/h7-10,16H,5-6H2,1-4H3;3-8H2,1-2H3. The smallest absolute Gasteiger partial charge is 0.387 e. The van der Waals surface area contributed by atoms with Crippen molar-refractivity contribution in [2.75, 3.05) is 18.5 Å². The van der Waals surface area contributed by atoms with Crippen molar-refractivity contribution in [3.05, 3.63) is 30.1 Å². The molecular weight excluding hydrogens is 384 g/mol. The molecule has 1 aromatic carbocycles. The van der Waals surface area contributed by atoms with Crippen LogP contribution in [0.4, 0.5) is 14.5 Å². The van der Waals surface area contributed by atoms with Crippen LogP contribution in [-0.4, -0.2) is 30.0 Å². The predicted octanol–water partition coefficient (Wildman–Crippen LogP) is 7.07. The number of hydrogen-bond donors (Lipinski definition) is 0. The average molecular weight is 424 g/mol. The molecule has 0 fully saturated rings. The number of unbranched alkanes of at least 4 members (excludes halogenated alkanes) is 5. The van der Waals surface area contributed by atoms with Gasteiger partial charge in [-0.15, -0.1) is 0 Å². The zero-order valence-electron chi connectivity index (χ0n) is 19.5. The van der Waals surface area contributed by atoms with Crippen LogP contribution in [0.3, 0.4) is 0 Å². The summed E-state index contributed by atoms with van der Waals surface area (Å²) in [6.45, 7) is 6.50. The third-order valence-corrected chi connectivity index (χ3v) is 5.14. The molecular formula is C24H39F2N3O. The largest absolute Gasteiger partial charge is 0.434 e. The number of anilines is 1. The van der Waals surface area contributed by atoms with Crippen molar-refractivity contribution in [1.82, 2.24) is 9.78 Å². The molecule has 2 rings (SSSR count). The minimum atomic E-state index is -2.86. The Morgan fingerprint density at radius 2 is 1.67 bits per heavy atom. The summed E-state index contributed by atoms with van der Waals surface area (Å²) in [6, 6.07) is 3.60. The van der Waals surface area contributed by atoms with Crippen LogP contribution in [0.15, 0.2) is 24.5 Å². The Labute approximate surface area is 181 Å². The highest BCUT2D eigenvalue weighted by atomic mass is 19.3. The van der Waals surface area contributed by atoms with Gasteiger partial charge in [0.05, 0.1) is 6.20 Å². The first kappa shape index (κ1) is 25.9. The van der Waals surface area contributed by atoms with Gasteiger partial charge >= 0.3 is 6.61 Å². The fourth-order valence-electron chi connectivity index (χ4n) is 3.26. The second-order valence-corrected chi connectivity index (χ2v) is 7.54. The van der Waals surface area contributed by atoms with Crippen LogP contribution in [0.1, 0.15) is 71.8 Å². The molecule has 0 unspecified atom stereocenters. The summed E-state index contributed by atoms with van der Waals surface area (Å²) < 4.78 is 31.9. The summed E-state index contributed by atoms with van der Waals surface area (Å²) >= 11 is 0. The molecule has 6 heteroatoms. The number of alkyl halides is 2. The van der Waals surface area contributed by atoms with Crippen LogP contribution in [0.5, 0.6) is 5.75 Å². The van der Waals surface area contributed by atoms with Gasteiger partial charge in [-0.1, -0.05) is 59.3 Å². The van der Waals surface area contributed by atoms with E-state index in [9.17, 15) is 8.78 Å². The molecule has 0 amide bonds. The van der Waals surface area contributed by atoms with E-state index in [-0.39, 0.29) is 5.75 Å². The summed E-state index contributed by atoms with van der Waals surface area (Å²) in [5.41, 5.74) is 3.40. The average Bonchev–Trinajstić information content (AvgIpc) is 3.16. The van der Waals surface area contributed by atoms with Crippen LogP contribution in [0, 0.1) is 0 Å². The van der Waals surface area contributed by atoms with Gasteiger partial charge in [0, 0.05) is 49.7 Å². The van der Waals surface area contributed by atoms with Gasteiger partial charge in [-0.05, 0) is 25.0 Å². The van der Waals surface area contributed by atoms with E-state index in [1.165, 1.54) is 38.5 Å². The zero-order chi connectivity index (χ0) is 22.5. The first-order valence-electron chi connectivity index (χ1n) is 11.2. The van der Waals surface area contributed by atoms with E-state index >= 15 is 0 Å². The van der Waals surface area contributed by atoms with E-state index in [0.717, 1.165) is 29.8 Å². The number of benzene rings is 1. The fraction of sp³-hybridized carbons (Fsp3) is 0.625. The molecule has 4 nitrogen and oxygen atoms in total. The summed E-state index contributed by atoms with van der Waals surface area (Å²) in [5, 5.41) is 4.11. The van der Waals surface area contributed by atoms with Gasteiger partial charge in [-0.2, -0.15) is 13.9 Å². The van der Waals surface area contributed by atoms with Gasteiger partial charge in [0.2, 0.25) is 0 Å². The Bertz CT molecular complexity index is 725. The number of rotatable bonds is 11. The molecule has 0 aliphatic rings. The van der Waals surface area contributed by atoms with E-state index in [2.05, 4.69) is 18.9 Å². The number of halogens is 2. The van der Waals surface area contributed by atoms with Crippen LogP contribution in [0.2, 0.25) is 0 Å². The van der Waals surface area contributed by atoms with E-state index in [1.807, 2.05) is 31.9 Å². The van der Waals surface area contributed by atoms with Crippen LogP contribution in [-0.2, 0) is 13.5 Å². The Kier molecular flexibility index (Phi) is 12.1. The number of aromatic nitrogens is 2. The molecule has 0 saturated heterocycles. The lowest BCUT2D eigenvalue weighted by molar-refractivity contribution is -0.0494. The minimum Gasteiger partial charge on any atom is -0.434 e. The lowest BCUT2D eigenvalue weighted by Gasteiger charge is -2.23. The molecule has 170 valence electrons. The van der Waals surface area contributed by atoms with Crippen LogP contribution < -0.4 is 9.64 Å². The molecule has 0 spiro atoms. The third-order valence-electron chi connectivity index (χ3n) is 5.14. The Balaban J connectivity index is 0.000000479. The zero-order valence-corrected chi connectivity index (χ0v) is 19.5. The van der Waals surface area contributed by atoms with E-state index in [4.69, 9.17) is 4.74 Å². The molecule has 0 saturated carbocycles. The SMILES string of the molecule is CCCCCCCC.CCc1cc(-c2cnn(C)c2)c(OC(F)F)cc1N(C)CC. The molecule has 30 heavy (non-hydrogen) atoms. The molecule has 0 aliphatic heterocycles. The van der Waals surface area contributed by atoms with Crippen LogP contribution >= 0.6 is 0 Å². The molecule has 2 aromatic rings.